The minimum absolute atomic E-state index is 0.0833. The van der Waals surface area contributed by atoms with Gasteiger partial charge in [-0.25, -0.2) is 4.79 Å². The molecule has 0 saturated carbocycles. The van der Waals surface area contributed by atoms with Crippen LogP contribution in [0, 0.1) is 0 Å². The van der Waals surface area contributed by atoms with Crippen molar-refractivity contribution < 1.29 is 19.4 Å². The number of nitrogens with zero attached hydrogens (tertiary/aromatic N) is 1. The lowest BCUT2D eigenvalue weighted by molar-refractivity contribution is 0.0694. The number of anilines is 1. The molecule has 2 N–H and O–H groups in total. The Morgan fingerprint density at radius 2 is 2.11 bits per heavy atom. The molecule has 2 aliphatic rings. The van der Waals surface area contributed by atoms with Crippen molar-refractivity contribution in [2.75, 3.05) is 25.1 Å². The van der Waals surface area contributed by atoms with Crippen molar-refractivity contribution in [3.8, 4) is 22.6 Å². The zero-order valence-corrected chi connectivity index (χ0v) is 15.2. The Bertz CT molecular complexity index is 1200. The van der Waals surface area contributed by atoms with Gasteiger partial charge in [0.05, 0.1) is 22.6 Å². The van der Waals surface area contributed by atoms with Gasteiger partial charge in [0.1, 0.15) is 24.5 Å². The van der Waals surface area contributed by atoms with Gasteiger partial charge in [-0.1, -0.05) is 6.07 Å². The maximum absolute atomic E-state index is 12.7. The second kappa shape index (κ2) is 6.02. The van der Waals surface area contributed by atoms with E-state index in [1.165, 1.54) is 6.20 Å². The zero-order valence-electron chi connectivity index (χ0n) is 15.2. The second-order valence-electron chi connectivity index (χ2n) is 7.07. The smallest absolute Gasteiger partial charge is 0.341 e. The second-order valence-corrected chi connectivity index (χ2v) is 7.07. The Labute approximate surface area is 160 Å². The van der Waals surface area contributed by atoms with Crippen molar-refractivity contribution in [1.29, 1.82) is 0 Å². The standard InChI is InChI=1S/C21H18N2O5/c1-11-10-28-20-13(12-2-5-16-17(8-12)27-7-6-22-16)3-4-14-18(20)23(11)9-15(19(14)24)21(25)26/h2-5,8-9,11,22H,6-7,10H2,1H3,(H,25,26). The maximum Gasteiger partial charge on any atom is 0.341 e. The third-order valence-corrected chi connectivity index (χ3v) is 5.29. The average molecular weight is 378 g/mol. The van der Waals surface area contributed by atoms with Gasteiger partial charge in [-0.15, -0.1) is 0 Å². The van der Waals surface area contributed by atoms with Crippen LogP contribution in [0.3, 0.4) is 0 Å². The SMILES string of the molecule is CC1COc2c(-c3ccc4c(c3)OCCN4)ccc3c(=O)c(C(=O)O)cn1c23. The highest BCUT2D eigenvalue weighted by molar-refractivity contribution is 5.98. The van der Waals surface area contributed by atoms with E-state index in [0.717, 1.165) is 29.1 Å². The quantitative estimate of drug-likeness (QED) is 0.712. The van der Waals surface area contributed by atoms with E-state index in [9.17, 15) is 14.7 Å². The van der Waals surface area contributed by atoms with Gasteiger partial charge in [0.25, 0.3) is 0 Å². The number of carboxylic acid groups (broad SMARTS) is 1. The molecule has 0 bridgehead atoms. The summed E-state index contributed by atoms with van der Waals surface area (Å²) in [6, 6.07) is 9.30. The van der Waals surface area contributed by atoms with Gasteiger partial charge >= 0.3 is 5.97 Å². The van der Waals surface area contributed by atoms with Gasteiger partial charge in [0, 0.05) is 18.3 Å². The number of pyridine rings is 1. The molecule has 1 unspecified atom stereocenters. The number of ether oxygens (including phenoxy) is 2. The first-order valence-corrected chi connectivity index (χ1v) is 9.13. The molecular formula is C21H18N2O5. The maximum atomic E-state index is 12.7. The van der Waals surface area contributed by atoms with Crippen molar-refractivity contribution in [2.24, 2.45) is 0 Å². The number of carbonyl (C=O) groups is 1. The van der Waals surface area contributed by atoms with Gasteiger partial charge in [-0.05, 0) is 36.8 Å². The van der Waals surface area contributed by atoms with E-state index in [1.807, 2.05) is 35.8 Å². The number of hydrogen-bond acceptors (Lipinski definition) is 5. The Kier molecular flexibility index (Phi) is 3.58. The zero-order chi connectivity index (χ0) is 19.4. The normalized spacial score (nSPS) is 17.2. The van der Waals surface area contributed by atoms with Crippen molar-refractivity contribution in [3.05, 3.63) is 52.3 Å². The summed E-state index contributed by atoms with van der Waals surface area (Å²) in [6.07, 6.45) is 1.42. The molecule has 1 atom stereocenters. The van der Waals surface area contributed by atoms with Crippen LogP contribution in [-0.4, -0.2) is 35.4 Å². The van der Waals surface area contributed by atoms with E-state index in [0.29, 0.717) is 29.9 Å². The largest absolute Gasteiger partial charge is 0.490 e. The minimum Gasteiger partial charge on any atom is -0.490 e. The van der Waals surface area contributed by atoms with E-state index in [2.05, 4.69) is 5.32 Å². The number of carboxylic acids is 1. The molecule has 2 aliphatic heterocycles. The topological polar surface area (TPSA) is 89.8 Å². The number of aromatic carboxylic acids is 1. The van der Waals surface area contributed by atoms with Gasteiger partial charge in [0.15, 0.2) is 5.75 Å². The fourth-order valence-corrected chi connectivity index (χ4v) is 3.88. The number of nitrogens with one attached hydrogen (secondary N) is 1. The molecule has 7 nitrogen and oxygen atoms in total. The Morgan fingerprint density at radius 3 is 2.93 bits per heavy atom. The fraction of sp³-hybridized carbons (Fsp3) is 0.238. The van der Waals surface area contributed by atoms with Crippen LogP contribution in [0.15, 0.2) is 41.3 Å². The minimum atomic E-state index is -1.22. The van der Waals surface area contributed by atoms with Crippen molar-refractivity contribution in [1.82, 2.24) is 4.57 Å². The van der Waals surface area contributed by atoms with Crippen LogP contribution in [0.1, 0.15) is 23.3 Å². The first kappa shape index (κ1) is 16.7. The lowest BCUT2D eigenvalue weighted by atomic mass is 9.98. The molecule has 0 fully saturated rings. The Balaban J connectivity index is 1.78. The lowest BCUT2D eigenvalue weighted by Gasteiger charge is -2.28. The summed E-state index contributed by atoms with van der Waals surface area (Å²) in [7, 11) is 0. The van der Waals surface area contributed by atoms with E-state index >= 15 is 0 Å². The molecule has 142 valence electrons. The highest BCUT2D eigenvalue weighted by Crippen LogP contribution is 2.42. The highest BCUT2D eigenvalue weighted by Gasteiger charge is 2.26. The monoisotopic (exact) mass is 378 g/mol. The van der Waals surface area contributed by atoms with Crippen LogP contribution in [0.25, 0.3) is 22.0 Å². The predicted molar refractivity (Wildman–Crippen MR) is 105 cm³/mol. The van der Waals surface area contributed by atoms with Gasteiger partial charge < -0.3 is 24.5 Å². The van der Waals surface area contributed by atoms with Crippen LogP contribution in [0.4, 0.5) is 5.69 Å². The van der Waals surface area contributed by atoms with Crippen molar-refractivity contribution >= 4 is 22.6 Å². The number of rotatable bonds is 2. The molecule has 3 aromatic rings. The first-order chi connectivity index (χ1) is 13.5. The summed E-state index contributed by atoms with van der Waals surface area (Å²) in [5, 5.41) is 13.0. The van der Waals surface area contributed by atoms with Crippen molar-refractivity contribution in [3.63, 3.8) is 0 Å². The number of hydrogen-bond donors (Lipinski definition) is 2. The number of fused-ring (bicyclic) bond motifs is 1. The third kappa shape index (κ3) is 2.36. The summed E-state index contributed by atoms with van der Waals surface area (Å²) < 4.78 is 13.6. The van der Waals surface area contributed by atoms with Crippen molar-refractivity contribution in [2.45, 2.75) is 13.0 Å². The van der Waals surface area contributed by atoms with Gasteiger partial charge in [0.2, 0.25) is 5.43 Å². The number of aromatic nitrogens is 1. The van der Waals surface area contributed by atoms with E-state index in [-0.39, 0.29) is 11.6 Å². The highest BCUT2D eigenvalue weighted by atomic mass is 16.5. The molecule has 0 saturated heterocycles. The van der Waals surface area contributed by atoms with Crippen LogP contribution in [-0.2, 0) is 0 Å². The number of benzene rings is 2. The molecule has 5 rings (SSSR count). The molecular weight excluding hydrogens is 360 g/mol. The average Bonchev–Trinajstić information content (AvgIpc) is 2.71. The molecule has 2 aromatic carbocycles. The summed E-state index contributed by atoms with van der Waals surface area (Å²) in [4.78, 5) is 24.2. The summed E-state index contributed by atoms with van der Waals surface area (Å²) in [5.41, 5.74) is 2.60. The van der Waals surface area contributed by atoms with E-state index < -0.39 is 11.4 Å². The molecule has 7 heteroatoms. The fourth-order valence-electron chi connectivity index (χ4n) is 3.88. The molecule has 0 amide bonds. The molecule has 0 spiro atoms. The van der Waals surface area contributed by atoms with E-state index in [1.54, 1.807) is 6.07 Å². The lowest BCUT2D eigenvalue weighted by Crippen LogP contribution is -2.26. The molecule has 1 aromatic heterocycles. The predicted octanol–water partition coefficient (Wildman–Crippen LogP) is 3.12. The van der Waals surface area contributed by atoms with E-state index in [4.69, 9.17) is 9.47 Å². The van der Waals surface area contributed by atoms with Crippen LogP contribution >= 0.6 is 0 Å². The molecule has 0 radical (unpaired) electrons. The Morgan fingerprint density at radius 1 is 1.25 bits per heavy atom. The summed E-state index contributed by atoms with van der Waals surface area (Å²) in [5.74, 6) is 0.145. The Hall–Kier alpha value is -3.48. The van der Waals surface area contributed by atoms with Crippen LogP contribution < -0.4 is 20.2 Å². The van der Waals surface area contributed by atoms with Crippen LogP contribution in [0.5, 0.6) is 11.5 Å². The van der Waals surface area contributed by atoms with Gasteiger partial charge in [-0.2, -0.15) is 0 Å². The molecule has 28 heavy (non-hydrogen) atoms. The third-order valence-electron chi connectivity index (χ3n) is 5.29. The van der Waals surface area contributed by atoms with Crippen LogP contribution in [0.2, 0.25) is 0 Å². The summed E-state index contributed by atoms with van der Waals surface area (Å²) in [6.45, 7) is 3.70. The first-order valence-electron chi connectivity index (χ1n) is 9.13. The summed E-state index contributed by atoms with van der Waals surface area (Å²) >= 11 is 0. The molecule has 0 aliphatic carbocycles. The van der Waals surface area contributed by atoms with Gasteiger partial charge in [-0.3, -0.25) is 4.79 Å². The molecule has 3 heterocycles.